The van der Waals surface area contributed by atoms with E-state index in [-0.39, 0.29) is 23.9 Å². The SMILES string of the molecule is O=C(N[C@@H](c1ccc(F)cc1)[C@H]1CCCO1)c1cc(Cl)c2c(c1)OCCCO2. The van der Waals surface area contributed by atoms with E-state index in [0.717, 1.165) is 24.8 Å². The van der Waals surface area contributed by atoms with Crippen LogP contribution in [0.5, 0.6) is 11.5 Å². The summed E-state index contributed by atoms with van der Waals surface area (Å²) in [5.74, 6) is 0.300. The molecular weight excluding hydrogens is 385 g/mol. The third-order valence-electron chi connectivity index (χ3n) is 4.92. The number of hydrogen-bond acceptors (Lipinski definition) is 4. The molecule has 7 heteroatoms. The number of fused-ring (bicyclic) bond motifs is 1. The molecule has 28 heavy (non-hydrogen) atoms. The highest BCUT2D eigenvalue weighted by atomic mass is 35.5. The van der Waals surface area contributed by atoms with Crippen molar-refractivity contribution in [2.75, 3.05) is 19.8 Å². The molecule has 2 atom stereocenters. The van der Waals surface area contributed by atoms with Gasteiger partial charge in [0.25, 0.3) is 5.91 Å². The van der Waals surface area contributed by atoms with E-state index in [0.29, 0.717) is 41.9 Å². The third-order valence-corrected chi connectivity index (χ3v) is 5.20. The molecule has 0 radical (unpaired) electrons. The van der Waals surface area contributed by atoms with E-state index >= 15 is 0 Å². The molecule has 2 aliphatic heterocycles. The van der Waals surface area contributed by atoms with Crippen molar-refractivity contribution in [3.05, 3.63) is 58.4 Å². The molecule has 0 spiro atoms. The van der Waals surface area contributed by atoms with Gasteiger partial charge >= 0.3 is 0 Å². The van der Waals surface area contributed by atoms with Gasteiger partial charge in [-0.3, -0.25) is 4.79 Å². The van der Waals surface area contributed by atoms with Crippen molar-refractivity contribution in [3.8, 4) is 11.5 Å². The Morgan fingerprint density at radius 2 is 1.89 bits per heavy atom. The standard InChI is InChI=1S/C21H21ClFNO4/c22-16-11-14(12-18-20(16)28-10-2-9-27-18)21(25)24-19(17-3-1-8-26-17)13-4-6-15(23)7-5-13/h4-7,11-12,17,19H,1-3,8-10H2,(H,24,25)/t17-,19+/m1/s1. The number of nitrogens with one attached hydrogen (secondary N) is 1. The van der Waals surface area contributed by atoms with Gasteiger partial charge in [0, 0.05) is 18.6 Å². The second-order valence-electron chi connectivity index (χ2n) is 6.89. The summed E-state index contributed by atoms with van der Waals surface area (Å²) >= 11 is 6.31. The number of carbonyl (C=O) groups is 1. The van der Waals surface area contributed by atoms with E-state index in [9.17, 15) is 9.18 Å². The predicted octanol–water partition coefficient (Wildman–Crippen LogP) is 4.29. The lowest BCUT2D eigenvalue weighted by Gasteiger charge is -2.25. The summed E-state index contributed by atoms with van der Waals surface area (Å²) in [6, 6.07) is 8.93. The maximum absolute atomic E-state index is 13.3. The van der Waals surface area contributed by atoms with Gasteiger partial charge in [-0.05, 0) is 42.7 Å². The van der Waals surface area contributed by atoms with E-state index in [1.54, 1.807) is 24.3 Å². The van der Waals surface area contributed by atoms with E-state index in [1.165, 1.54) is 12.1 Å². The lowest BCUT2D eigenvalue weighted by Crippen LogP contribution is -2.36. The molecular formula is C21H21ClFNO4. The van der Waals surface area contributed by atoms with Gasteiger partial charge in [-0.15, -0.1) is 0 Å². The fourth-order valence-electron chi connectivity index (χ4n) is 3.51. The fourth-order valence-corrected chi connectivity index (χ4v) is 3.78. The van der Waals surface area contributed by atoms with Crippen molar-refractivity contribution in [1.29, 1.82) is 0 Å². The first-order valence-electron chi connectivity index (χ1n) is 9.39. The first kappa shape index (κ1) is 19.0. The lowest BCUT2D eigenvalue weighted by atomic mass is 9.98. The highest BCUT2D eigenvalue weighted by molar-refractivity contribution is 6.32. The minimum atomic E-state index is -0.384. The number of halogens is 2. The first-order chi connectivity index (χ1) is 13.6. The summed E-state index contributed by atoms with van der Waals surface area (Å²) < 4.78 is 30.4. The quantitative estimate of drug-likeness (QED) is 0.824. The van der Waals surface area contributed by atoms with Crippen LogP contribution >= 0.6 is 11.6 Å². The Balaban J connectivity index is 1.60. The largest absolute Gasteiger partial charge is 0.489 e. The number of benzene rings is 2. The molecule has 0 aromatic heterocycles. The molecule has 0 aliphatic carbocycles. The van der Waals surface area contributed by atoms with Gasteiger partial charge in [-0.1, -0.05) is 23.7 Å². The molecule has 1 N–H and O–H groups in total. The van der Waals surface area contributed by atoms with E-state index in [1.807, 2.05) is 0 Å². The Bertz CT molecular complexity index is 852. The lowest BCUT2D eigenvalue weighted by molar-refractivity contribution is 0.0672. The Morgan fingerprint density at radius 1 is 1.11 bits per heavy atom. The monoisotopic (exact) mass is 405 g/mol. The highest BCUT2D eigenvalue weighted by Gasteiger charge is 2.29. The summed E-state index contributed by atoms with van der Waals surface area (Å²) in [4.78, 5) is 13.0. The normalized spacial score (nSPS) is 19.7. The molecule has 2 aromatic rings. The zero-order valence-electron chi connectivity index (χ0n) is 15.3. The molecule has 1 fully saturated rings. The maximum atomic E-state index is 13.3. The van der Waals surface area contributed by atoms with Crippen LogP contribution < -0.4 is 14.8 Å². The Labute approximate surface area is 167 Å². The van der Waals surface area contributed by atoms with Crippen LogP contribution in [0.15, 0.2) is 36.4 Å². The Kier molecular flexibility index (Phi) is 5.69. The molecule has 0 unspecified atom stereocenters. The molecule has 2 aliphatic rings. The summed E-state index contributed by atoms with van der Waals surface area (Å²) in [7, 11) is 0. The van der Waals surface area contributed by atoms with Crippen LogP contribution in [0.25, 0.3) is 0 Å². The van der Waals surface area contributed by atoms with Crippen LogP contribution in [-0.2, 0) is 4.74 Å². The minimum absolute atomic E-state index is 0.162. The van der Waals surface area contributed by atoms with Gasteiger partial charge in [0.2, 0.25) is 0 Å². The van der Waals surface area contributed by atoms with Gasteiger partial charge in [-0.2, -0.15) is 0 Å². The zero-order chi connectivity index (χ0) is 19.5. The molecule has 1 saturated heterocycles. The van der Waals surface area contributed by atoms with Crippen LogP contribution in [0.4, 0.5) is 4.39 Å². The number of carbonyl (C=O) groups excluding carboxylic acids is 1. The van der Waals surface area contributed by atoms with Gasteiger partial charge in [0.05, 0.1) is 30.4 Å². The second-order valence-corrected chi connectivity index (χ2v) is 7.30. The molecule has 2 aromatic carbocycles. The molecule has 148 valence electrons. The Hall–Kier alpha value is -2.31. The van der Waals surface area contributed by atoms with E-state index < -0.39 is 0 Å². The zero-order valence-corrected chi connectivity index (χ0v) is 16.0. The van der Waals surface area contributed by atoms with Crippen molar-refractivity contribution >= 4 is 17.5 Å². The fraction of sp³-hybridized carbons (Fsp3) is 0.381. The van der Waals surface area contributed by atoms with Crippen LogP contribution in [0, 0.1) is 5.82 Å². The van der Waals surface area contributed by atoms with Gasteiger partial charge in [0.15, 0.2) is 11.5 Å². The molecule has 0 bridgehead atoms. The first-order valence-corrected chi connectivity index (χ1v) is 9.77. The second kappa shape index (κ2) is 8.37. The van der Waals surface area contributed by atoms with Crippen LogP contribution in [0.2, 0.25) is 5.02 Å². The predicted molar refractivity (Wildman–Crippen MR) is 103 cm³/mol. The van der Waals surface area contributed by atoms with E-state index in [4.69, 9.17) is 25.8 Å². The van der Waals surface area contributed by atoms with Crippen molar-refractivity contribution in [2.24, 2.45) is 0 Å². The number of hydrogen-bond donors (Lipinski definition) is 1. The molecule has 1 amide bonds. The van der Waals surface area contributed by atoms with Gasteiger partial charge < -0.3 is 19.5 Å². The van der Waals surface area contributed by atoms with Crippen LogP contribution in [0.3, 0.4) is 0 Å². The third kappa shape index (κ3) is 4.08. The average molecular weight is 406 g/mol. The molecule has 2 heterocycles. The summed E-state index contributed by atoms with van der Waals surface area (Å²) in [5.41, 5.74) is 1.17. The molecule has 5 nitrogen and oxygen atoms in total. The van der Waals surface area contributed by atoms with Crippen LogP contribution in [0.1, 0.15) is 41.2 Å². The van der Waals surface area contributed by atoms with Crippen molar-refractivity contribution < 1.29 is 23.4 Å². The number of ether oxygens (including phenoxy) is 3. The van der Waals surface area contributed by atoms with Crippen LogP contribution in [-0.4, -0.2) is 31.8 Å². The molecule has 4 rings (SSSR count). The highest BCUT2D eigenvalue weighted by Crippen LogP contribution is 2.38. The molecule has 0 saturated carbocycles. The number of amides is 1. The average Bonchev–Trinajstić information content (AvgIpc) is 3.11. The summed E-state index contributed by atoms with van der Waals surface area (Å²) in [6.45, 7) is 1.67. The topological polar surface area (TPSA) is 56.8 Å². The van der Waals surface area contributed by atoms with Crippen molar-refractivity contribution in [2.45, 2.75) is 31.4 Å². The van der Waals surface area contributed by atoms with Crippen molar-refractivity contribution in [3.63, 3.8) is 0 Å². The van der Waals surface area contributed by atoms with E-state index in [2.05, 4.69) is 5.32 Å². The van der Waals surface area contributed by atoms with Gasteiger partial charge in [0.1, 0.15) is 5.82 Å². The smallest absolute Gasteiger partial charge is 0.252 e. The minimum Gasteiger partial charge on any atom is -0.489 e. The summed E-state index contributed by atoms with van der Waals surface area (Å²) in [6.07, 6.45) is 2.33. The van der Waals surface area contributed by atoms with Gasteiger partial charge in [-0.25, -0.2) is 4.39 Å². The maximum Gasteiger partial charge on any atom is 0.252 e. The summed E-state index contributed by atoms with van der Waals surface area (Å²) in [5, 5.41) is 3.35. The number of rotatable bonds is 4. The Morgan fingerprint density at radius 3 is 2.64 bits per heavy atom. The van der Waals surface area contributed by atoms with Crippen molar-refractivity contribution in [1.82, 2.24) is 5.32 Å².